The van der Waals surface area contributed by atoms with Gasteiger partial charge < -0.3 is 19.5 Å². The minimum absolute atomic E-state index is 0.0571. The summed E-state index contributed by atoms with van der Waals surface area (Å²) in [5.41, 5.74) is 4.74. The monoisotopic (exact) mass is 418 g/mol. The molecule has 3 aromatic rings. The van der Waals surface area contributed by atoms with Crippen molar-refractivity contribution in [3.63, 3.8) is 0 Å². The second kappa shape index (κ2) is 9.86. The van der Waals surface area contributed by atoms with Crippen LogP contribution in [0.5, 0.6) is 17.2 Å². The largest absolute Gasteiger partial charge is 0.493 e. The van der Waals surface area contributed by atoms with Crippen LogP contribution in [0.15, 0.2) is 66.7 Å². The Balaban J connectivity index is 1.79. The second-order valence-corrected chi connectivity index (χ2v) is 7.60. The number of hydrogen-bond donors (Lipinski definition) is 1. The molecule has 1 fully saturated rings. The lowest BCUT2D eigenvalue weighted by Crippen LogP contribution is -2.45. The van der Waals surface area contributed by atoms with Gasteiger partial charge in [-0.05, 0) is 28.8 Å². The highest BCUT2D eigenvalue weighted by Crippen LogP contribution is 2.45. The van der Waals surface area contributed by atoms with Gasteiger partial charge in [0.15, 0.2) is 11.5 Å². The molecule has 1 heterocycles. The van der Waals surface area contributed by atoms with Gasteiger partial charge in [-0.3, -0.25) is 4.90 Å². The second-order valence-electron chi connectivity index (χ2n) is 7.60. The van der Waals surface area contributed by atoms with Gasteiger partial charge in [0.05, 0.1) is 27.4 Å². The Kier molecular flexibility index (Phi) is 6.75. The molecule has 1 unspecified atom stereocenters. The average Bonchev–Trinajstić information content (AvgIpc) is 2.85. The van der Waals surface area contributed by atoms with Crippen LogP contribution in [0.4, 0.5) is 0 Å². The maximum atomic E-state index is 5.85. The van der Waals surface area contributed by atoms with E-state index in [0.717, 1.165) is 37.5 Å². The molecule has 0 amide bonds. The summed E-state index contributed by atoms with van der Waals surface area (Å²) in [4.78, 5) is 2.50. The van der Waals surface area contributed by atoms with Gasteiger partial charge in [0, 0.05) is 31.7 Å². The fraction of sp³-hybridized carbons (Fsp3) is 0.308. The van der Waals surface area contributed by atoms with E-state index < -0.39 is 0 Å². The Hall–Kier alpha value is -3.02. The molecule has 0 bridgehead atoms. The molecule has 0 saturated carbocycles. The fourth-order valence-electron chi connectivity index (χ4n) is 4.36. The lowest BCUT2D eigenvalue weighted by Gasteiger charge is -2.36. The third-order valence-electron chi connectivity index (χ3n) is 5.88. The fourth-order valence-corrected chi connectivity index (χ4v) is 4.36. The average molecular weight is 419 g/mol. The van der Waals surface area contributed by atoms with E-state index in [2.05, 4.69) is 64.8 Å². The molecule has 1 aliphatic rings. The third-order valence-corrected chi connectivity index (χ3v) is 5.88. The molecule has 1 aliphatic heterocycles. The highest BCUT2D eigenvalue weighted by atomic mass is 16.5. The van der Waals surface area contributed by atoms with E-state index in [1.54, 1.807) is 21.3 Å². The zero-order chi connectivity index (χ0) is 21.6. The smallest absolute Gasteiger partial charge is 0.203 e. The van der Waals surface area contributed by atoms with E-state index in [1.165, 1.54) is 16.7 Å². The van der Waals surface area contributed by atoms with Crippen molar-refractivity contribution in [2.24, 2.45) is 0 Å². The number of nitrogens with zero attached hydrogens (tertiary/aromatic N) is 1. The van der Waals surface area contributed by atoms with Crippen molar-refractivity contribution in [2.75, 3.05) is 47.5 Å². The Morgan fingerprint density at radius 3 is 1.97 bits per heavy atom. The van der Waals surface area contributed by atoms with E-state index in [4.69, 9.17) is 14.2 Å². The van der Waals surface area contributed by atoms with Gasteiger partial charge in [-0.1, -0.05) is 54.6 Å². The van der Waals surface area contributed by atoms with Crippen LogP contribution in [-0.2, 0) is 0 Å². The molecule has 5 heteroatoms. The first-order valence-corrected chi connectivity index (χ1v) is 10.7. The molecule has 162 valence electrons. The SMILES string of the molecule is COc1ccc(C(c2ccc(-c3ccccc3)cc2)N2CCNCC2)c(OC)c1OC. The quantitative estimate of drug-likeness (QED) is 0.617. The van der Waals surface area contributed by atoms with E-state index >= 15 is 0 Å². The lowest BCUT2D eigenvalue weighted by molar-refractivity contribution is 0.194. The Morgan fingerprint density at radius 2 is 1.35 bits per heavy atom. The van der Waals surface area contributed by atoms with Crippen molar-refractivity contribution < 1.29 is 14.2 Å². The molecule has 0 aliphatic carbocycles. The number of piperazine rings is 1. The maximum absolute atomic E-state index is 5.85. The molecule has 5 nitrogen and oxygen atoms in total. The summed E-state index contributed by atoms with van der Waals surface area (Å²) in [6.07, 6.45) is 0. The molecule has 31 heavy (non-hydrogen) atoms. The molecule has 1 saturated heterocycles. The Labute approximate surface area is 184 Å². The van der Waals surface area contributed by atoms with Gasteiger partial charge in [0.2, 0.25) is 5.75 Å². The molecular formula is C26H30N2O3. The number of benzene rings is 3. The van der Waals surface area contributed by atoms with Gasteiger partial charge in [0.25, 0.3) is 0 Å². The number of ether oxygens (including phenoxy) is 3. The first-order valence-electron chi connectivity index (χ1n) is 10.7. The minimum Gasteiger partial charge on any atom is -0.493 e. The molecule has 0 spiro atoms. The summed E-state index contributed by atoms with van der Waals surface area (Å²) < 4.78 is 17.0. The van der Waals surface area contributed by atoms with Crippen LogP contribution in [0.25, 0.3) is 11.1 Å². The lowest BCUT2D eigenvalue weighted by atomic mass is 9.93. The normalized spacial score (nSPS) is 15.3. The van der Waals surface area contributed by atoms with Crippen LogP contribution >= 0.6 is 0 Å². The van der Waals surface area contributed by atoms with Crippen LogP contribution in [-0.4, -0.2) is 52.4 Å². The van der Waals surface area contributed by atoms with Gasteiger partial charge in [-0.2, -0.15) is 0 Å². The van der Waals surface area contributed by atoms with E-state index in [0.29, 0.717) is 11.5 Å². The zero-order valence-corrected chi connectivity index (χ0v) is 18.4. The summed E-state index contributed by atoms with van der Waals surface area (Å²) in [6, 6.07) is 23.4. The summed E-state index contributed by atoms with van der Waals surface area (Å²) in [5.74, 6) is 2.02. The summed E-state index contributed by atoms with van der Waals surface area (Å²) in [5, 5.41) is 3.45. The number of methoxy groups -OCH3 is 3. The first-order chi connectivity index (χ1) is 15.3. The highest BCUT2D eigenvalue weighted by molar-refractivity contribution is 5.64. The molecule has 1 atom stereocenters. The summed E-state index contributed by atoms with van der Waals surface area (Å²) in [7, 11) is 4.99. The first kappa shape index (κ1) is 21.2. The summed E-state index contributed by atoms with van der Waals surface area (Å²) in [6.45, 7) is 3.85. The van der Waals surface area contributed by atoms with Crippen LogP contribution in [0.1, 0.15) is 17.2 Å². The van der Waals surface area contributed by atoms with E-state index in [9.17, 15) is 0 Å². The summed E-state index contributed by atoms with van der Waals surface area (Å²) >= 11 is 0. The van der Waals surface area contributed by atoms with E-state index in [-0.39, 0.29) is 6.04 Å². The van der Waals surface area contributed by atoms with Crippen molar-refractivity contribution in [3.05, 3.63) is 77.9 Å². The van der Waals surface area contributed by atoms with Crippen molar-refractivity contribution in [1.82, 2.24) is 10.2 Å². The van der Waals surface area contributed by atoms with Crippen molar-refractivity contribution in [1.29, 1.82) is 0 Å². The maximum Gasteiger partial charge on any atom is 0.203 e. The number of hydrogen-bond acceptors (Lipinski definition) is 5. The van der Waals surface area contributed by atoms with Gasteiger partial charge in [-0.25, -0.2) is 0 Å². The van der Waals surface area contributed by atoms with Crippen molar-refractivity contribution in [2.45, 2.75) is 6.04 Å². The van der Waals surface area contributed by atoms with Gasteiger partial charge in [0.1, 0.15) is 0 Å². The number of rotatable bonds is 7. The predicted octanol–water partition coefficient (Wildman–Crippen LogP) is 4.37. The predicted molar refractivity (Wildman–Crippen MR) is 124 cm³/mol. The third kappa shape index (κ3) is 4.38. The standard InChI is InChI=1S/C26H30N2O3/c1-29-23-14-13-22(25(30-2)26(23)31-3)24(28-17-15-27-16-18-28)21-11-9-20(10-12-21)19-7-5-4-6-8-19/h4-14,24,27H,15-18H2,1-3H3. The topological polar surface area (TPSA) is 43.0 Å². The van der Waals surface area contributed by atoms with Gasteiger partial charge in [-0.15, -0.1) is 0 Å². The van der Waals surface area contributed by atoms with E-state index in [1.807, 2.05) is 12.1 Å². The van der Waals surface area contributed by atoms with Crippen molar-refractivity contribution in [3.8, 4) is 28.4 Å². The molecule has 0 aromatic heterocycles. The molecule has 0 radical (unpaired) electrons. The van der Waals surface area contributed by atoms with Crippen LogP contribution in [0.3, 0.4) is 0 Å². The Bertz CT molecular complexity index is 984. The molecule has 1 N–H and O–H groups in total. The minimum atomic E-state index is 0.0571. The van der Waals surface area contributed by atoms with Gasteiger partial charge >= 0.3 is 0 Å². The van der Waals surface area contributed by atoms with Crippen LogP contribution in [0.2, 0.25) is 0 Å². The van der Waals surface area contributed by atoms with Crippen molar-refractivity contribution >= 4 is 0 Å². The molecular weight excluding hydrogens is 388 g/mol. The molecule has 3 aromatic carbocycles. The zero-order valence-electron chi connectivity index (χ0n) is 18.4. The Morgan fingerprint density at radius 1 is 0.710 bits per heavy atom. The number of nitrogens with one attached hydrogen (secondary N) is 1. The molecule has 4 rings (SSSR count). The van der Waals surface area contributed by atoms with Crippen LogP contribution in [0, 0.1) is 0 Å². The highest BCUT2D eigenvalue weighted by Gasteiger charge is 2.29. The van der Waals surface area contributed by atoms with Crippen LogP contribution < -0.4 is 19.5 Å².